The molecule has 1 rings (SSSR count). The minimum absolute atomic E-state index is 0.00945. The summed E-state index contributed by atoms with van der Waals surface area (Å²) in [5.74, 6) is -0.870. The monoisotopic (exact) mass is 330 g/mol. The Bertz CT molecular complexity index is 425. The number of rotatable bonds is 7. The molecule has 0 radical (unpaired) electrons. The third kappa shape index (κ3) is 5.99. The second kappa shape index (κ2) is 7.49. The minimum Gasteiger partial charge on any atom is -0.481 e. The zero-order chi connectivity index (χ0) is 17.8. The predicted octanol–water partition coefficient (Wildman–Crippen LogP) is 1.81. The first-order valence-corrected chi connectivity index (χ1v) is 7.98. The van der Waals surface area contributed by atoms with Crippen molar-refractivity contribution in [1.82, 2.24) is 9.80 Å². The second-order valence-electron chi connectivity index (χ2n) is 7.47. The SMILES string of the molecule is CC(C)OCCN(C)C1(CC(=O)O)CN(C(=O)OC(C)(C)C)C1. The Morgan fingerprint density at radius 1 is 1.30 bits per heavy atom. The number of carboxylic acids is 1. The average molecular weight is 330 g/mol. The predicted molar refractivity (Wildman–Crippen MR) is 86.5 cm³/mol. The van der Waals surface area contributed by atoms with E-state index in [-0.39, 0.29) is 12.5 Å². The van der Waals surface area contributed by atoms with Crippen molar-refractivity contribution >= 4 is 12.1 Å². The van der Waals surface area contributed by atoms with Gasteiger partial charge in [-0.3, -0.25) is 9.69 Å². The average Bonchev–Trinajstić information content (AvgIpc) is 2.29. The van der Waals surface area contributed by atoms with Crippen LogP contribution in [-0.2, 0) is 14.3 Å². The number of nitrogens with zero attached hydrogens (tertiary/aromatic N) is 2. The molecule has 23 heavy (non-hydrogen) atoms. The van der Waals surface area contributed by atoms with Gasteiger partial charge in [-0.25, -0.2) is 4.79 Å². The molecule has 0 spiro atoms. The number of carbonyl (C=O) groups is 2. The fraction of sp³-hybridized carbons (Fsp3) is 0.875. The molecule has 1 fully saturated rings. The molecule has 1 amide bonds. The standard InChI is InChI=1S/C16H30N2O5/c1-12(2)22-8-7-17(6)16(9-13(19)20)10-18(11-16)14(21)23-15(3,4)5/h12H,7-11H2,1-6H3,(H,19,20). The molecule has 7 heteroatoms. The van der Waals surface area contributed by atoms with Crippen molar-refractivity contribution in [3.8, 4) is 0 Å². The second-order valence-corrected chi connectivity index (χ2v) is 7.47. The van der Waals surface area contributed by atoms with Crippen LogP contribution < -0.4 is 0 Å². The highest BCUT2D eigenvalue weighted by molar-refractivity contribution is 5.73. The van der Waals surface area contributed by atoms with Gasteiger partial charge in [0.2, 0.25) is 0 Å². The number of carbonyl (C=O) groups excluding carboxylic acids is 1. The summed E-state index contributed by atoms with van der Waals surface area (Å²) in [5, 5.41) is 9.20. The lowest BCUT2D eigenvalue weighted by Gasteiger charge is -2.54. The topological polar surface area (TPSA) is 79.3 Å². The van der Waals surface area contributed by atoms with Crippen LogP contribution in [0.4, 0.5) is 4.79 Å². The van der Waals surface area contributed by atoms with Crippen molar-refractivity contribution in [2.75, 3.05) is 33.3 Å². The first-order chi connectivity index (χ1) is 10.4. The molecular weight excluding hydrogens is 300 g/mol. The number of likely N-dealkylation sites (N-methyl/N-ethyl adjacent to an activating group) is 1. The molecular formula is C16H30N2O5. The van der Waals surface area contributed by atoms with Crippen molar-refractivity contribution in [3.63, 3.8) is 0 Å². The van der Waals surface area contributed by atoms with Gasteiger partial charge in [0.05, 0.1) is 24.7 Å². The van der Waals surface area contributed by atoms with E-state index in [1.54, 1.807) is 4.90 Å². The van der Waals surface area contributed by atoms with Crippen LogP contribution in [0.5, 0.6) is 0 Å². The van der Waals surface area contributed by atoms with Gasteiger partial charge in [0.1, 0.15) is 5.60 Å². The number of hydrogen-bond acceptors (Lipinski definition) is 5. The van der Waals surface area contributed by atoms with Crippen LogP contribution in [0.3, 0.4) is 0 Å². The molecule has 0 bridgehead atoms. The Hall–Kier alpha value is -1.34. The van der Waals surface area contributed by atoms with Gasteiger partial charge in [0.15, 0.2) is 0 Å². The Morgan fingerprint density at radius 3 is 2.30 bits per heavy atom. The largest absolute Gasteiger partial charge is 0.481 e. The molecule has 0 unspecified atom stereocenters. The van der Waals surface area contributed by atoms with Gasteiger partial charge in [-0.15, -0.1) is 0 Å². The molecule has 1 aliphatic heterocycles. The smallest absolute Gasteiger partial charge is 0.410 e. The van der Waals surface area contributed by atoms with E-state index in [0.717, 1.165) is 0 Å². The lowest BCUT2D eigenvalue weighted by Crippen LogP contribution is -2.71. The highest BCUT2D eigenvalue weighted by atomic mass is 16.6. The Kier molecular flexibility index (Phi) is 6.41. The van der Waals surface area contributed by atoms with Gasteiger partial charge in [0.25, 0.3) is 0 Å². The Morgan fingerprint density at radius 2 is 1.87 bits per heavy atom. The molecule has 0 aromatic carbocycles. The lowest BCUT2D eigenvalue weighted by molar-refractivity contribution is -0.145. The van der Waals surface area contributed by atoms with E-state index < -0.39 is 23.2 Å². The van der Waals surface area contributed by atoms with Crippen molar-refractivity contribution < 1.29 is 24.2 Å². The molecule has 1 saturated heterocycles. The van der Waals surface area contributed by atoms with E-state index in [1.807, 2.05) is 46.6 Å². The van der Waals surface area contributed by atoms with E-state index >= 15 is 0 Å². The molecule has 134 valence electrons. The van der Waals surface area contributed by atoms with E-state index in [1.165, 1.54) is 0 Å². The highest BCUT2D eigenvalue weighted by Gasteiger charge is 2.50. The number of aliphatic carboxylic acids is 1. The molecule has 0 aromatic rings. The van der Waals surface area contributed by atoms with Crippen molar-refractivity contribution in [2.24, 2.45) is 0 Å². The van der Waals surface area contributed by atoms with Crippen LogP contribution in [0.25, 0.3) is 0 Å². The fourth-order valence-corrected chi connectivity index (χ4v) is 2.55. The van der Waals surface area contributed by atoms with Crippen molar-refractivity contribution in [1.29, 1.82) is 0 Å². The van der Waals surface area contributed by atoms with Crippen LogP contribution in [0.2, 0.25) is 0 Å². The molecule has 0 aromatic heterocycles. The van der Waals surface area contributed by atoms with Gasteiger partial charge in [-0.05, 0) is 41.7 Å². The quantitative estimate of drug-likeness (QED) is 0.767. The molecule has 1 aliphatic rings. The zero-order valence-corrected chi connectivity index (χ0v) is 15.1. The highest BCUT2D eigenvalue weighted by Crippen LogP contribution is 2.31. The van der Waals surface area contributed by atoms with Crippen LogP contribution in [0, 0.1) is 0 Å². The van der Waals surface area contributed by atoms with Crippen LogP contribution >= 0.6 is 0 Å². The first kappa shape index (κ1) is 19.7. The maximum absolute atomic E-state index is 12.1. The molecule has 1 N–H and O–H groups in total. The number of likely N-dealkylation sites (tertiary alicyclic amines) is 1. The van der Waals surface area contributed by atoms with E-state index in [9.17, 15) is 14.7 Å². The third-order valence-corrected chi connectivity index (χ3v) is 3.79. The summed E-state index contributed by atoms with van der Waals surface area (Å²) in [6, 6.07) is 0. The summed E-state index contributed by atoms with van der Waals surface area (Å²) in [6.07, 6.45) is -0.270. The van der Waals surface area contributed by atoms with Crippen LogP contribution in [0.15, 0.2) is 0 Å². The van der Waals surface area contributed by atoms with Gasteiger partial charge in [-0.2, -0.15) is 0 Å². The summed E-state index contributed by atoms with van der Waals surface area (Å²) < 4.78 is 10.9. The van der Waals surface area contributed by atoms with Crippen LogP contribution in [0.1, 0.15) is 41.0 Å². The van der Waals surface area contributed by atoms with Gasteiger partial charge in [0, 0.05) is 19.6 Å². The van der Waals surface area contributed by atoms with Gasteiger partial charge >= 0.3 is 12.1 Å². The van der Waals surface area contributed by atoms with E-state index in [0.29, 0.717) is 26.2 Å². The lowest BCUT2D eigenvalue weighted by atomic mass is 9.85. The van der Waals surface area contributed by atoms with Crippen LogP contribution in [-0.4, -0.2) is 77.5 Å². The van der Waals surface area contributed by atoms with Gasteiger partial charge < -0.3 is 19.5 Å². The zero-order valence-electron chi connectivity index (χ0n) is 15.1. The van der Waals surface area contributed by atoms with Crippen molar-refractivity contribution in [2.45, 2.75) is 58.3 Å². The molecule has 0 aliphatic carbocycles. The summed E-state index contributed by atoms with van der Waals surface area (Å²) in [5.41, 5.74) is -1.11. The molecule has 0 saturated carbocycles. The molecule has 1 heterocycles. The maximum Gasteiger partial charge on any atom is 0.410 e. The third-order valence-electron chi connectivity index (χ3n) is 3.79. The van der Waals surface area contributed by atoms with Crippen molar-refractivity contribution in [3.05, 3.63) is 0 Å². The summed E-state index contributed by atoms with van der Waals surface area (Å²) in [4.78, 5) is 26.8. The fourth-order valence-electron chi connectivity index (χ4n) is 2.55. The Labute approximate surface area is 138 Å². The summed E-state index contributed by atoms with van der Waals surface area (Å²) in [7, 11) is 1.87. The number of carboxylic acid groups (broad SMARTS) is 1. The normalized spacial score (nSPS) is 17.3. The summed E-state index contributed by atoms with van der Waals surface area (Å²) >= 11 is 0. The number of amides is 1. The van der Waals surface area contributed by atoms with E-state index in [2.05, 4.69) is 0 Å². The summed E-state index contributed by atoms with van der Waals surface area (Å²) in [6.45, 7) is 11.2. The van der Waals surface area contributed by atoms with E-state index in [4.69, 9.17) is 9.47 Å². The number of hydrogen-bond donors (Lipinski definition) is 1. The minimum atomic E-state index is -0.870. The molecule has 7 nitrogen and oxygen atoms in total. The Balaban J connectivity index is 2.62. The number of ether oxygens (including phenoxy) is 2. The maximum atomic E-state index is 12.1. The van der Waals surface area contributed by atoms with Gasteiger partial charge in [-0.1, -0.05) is 0 Å². The molecule has 0 atom stereocenters. The first-order valence-electron chi connectivity index (χ1n) is 7.98.